The van der Waals surface area contributed by atoms with Crippen molar-refractivity contribution in [2.75, 3.05) is 13.1 Å². The largest absolute Gasteiger partial charge is 0.350 e. The second kappa shape index (κ2) is 5.85. The van der Waals surface area contributed by atoms with E-state index in [-0.39, 0.29) is 5.91 Å². The van der Waals surface area contributed by atoms with E-state index >= 15 is 0 Å². The average Bonchev–Trinajstić information content (AvgIpc) is 2.82. The highest BCUT2D eigenvalue weighted by Gasteiger charge is 2.17. The lowest BCUT2D eigenvalue weighted by Gasteiger charge is -2.12. The number of nitrogens with one attached hydrogen (secondary N) is 2. The van der Waals surface area contributed by atoms with Gasteiger partial charge in [0.05, 0.1) is 10.6 Å². The summed E-state index contributed by atoms with van der Waals surface area (Å²) >= 11 is 9.37. The fraction of sp³-hybridized carbons (Fsp3) is 0.417. The maximum absolute atomic E-state index is 11.9. The minimum Gasteiger partial charge on any atom is -0.350 e. The van der Waals surface area contributed by atoms with Crippen LogP contribution < -0.4 is 10.6 Å². The van der Waals surface area contributed by atoms with Gasteiger partial charge in [-0.25, -0.2) is 0 Å². The fourth-order valence-corrected chi connectivity index (χ4v) is 2.50. The minimum atomic E-state index is -0.120. The zero-order chi connectivity index (χ0) is 12.3. The second-order valence-corrected chi connectivity index (χ2v) is 5.34. The standard InChI is InChI=1S/C12H14BrClN2O/c13-10-5-1-4-9(11(10)14)12(17)16-7-8-3-2-6-15-8/h1,4-5,8,15H,2-3,6-7H2,(H,16,17). The lowest BCUT2D eigenvalue weighted by Crippen LogP contribution is -2.37. The van der Waals surface area contributed by atoms with Crippen molar-refractivity contribution in [1.29, 1.82) is 0 Å². The van der Waals surface area contributed by atoms with Crippen LogP contribution in [0, 0.1) is 0 Å². The van der Waals surface area contributed by atoms with Crippen LogP contribution in [0.5, 0.6) is 0 Å². The zero-order valence-corrected chi connectivity index (χ0v) is 11.6. The van der Waals surface area contributed by atoms with Gasteiger partial charge < -0.3 is 10.6 Å². The van der Waals surface area contributed by atoms with Crippen molar-refractivity contribution in [3.05, 3.63) is 33.3 Å². The Morgan fingerprint density at radius 3 is 3.12 bits per heavy atom. The molecule has 3 nitrogen and oxygen atoms in total. The van der Waals surface area contributed by atoms with Crippen molar-refractivity contribution in [2.45, 2.75) is 18.9 Å². The van der Waals surface area contributed by atoms with Crippen molar-refractivity contribution in [1.82, 2.24) is 10.6 Å². The molecule has 5 heteroatoms. The van der Waals surface area contributed by atoms with Crippen LogP contribution in [-0.2, 0) is 0 Å². The predicted octanol–water partition coefficient (Wildman–Crippen LogP) is 2.58. The van der Waals surface area contributed by atoms with Crippen LogP contribution in [0.25, 0.3) is 0 Å². The lowest BCUT2D eigenvalue weighted by molar-refractivity contribution is 0.0950. The summed E-state index contributed by atoms with van der Waals surface area (Å²) in [4.78, 5) is 11.9. The van der Waals surface area contributed by atoms with Crippen molar-refractivity contribution in [3.63, 3.8) is 0 Å². The molecule has 1 saturated heterocycles. The Bertz CT molecular complexity index is 419. The predicted molar refractivity (Wildman–Crippen MR) is 72.5 cm³/mol. The van der Waals surface area contributed by atoms with E-state index in [1.54, 1.807) is 12.1 Å². The Morgan fingerprint density at radius 2 is 2.41 bits per heavy atom. The van der Waals surface area contributed by atoms with E-state index in [1.165, 1.54) is 6.42 Å². The van der Waals surface area contributed by atoms with E-state index < -0.39 is 0 Å². The van der Waals surface area contributed by atoms with Gasteiger partial charge in [-0.1, -0.05) is 17.7 Å². The highest BCUT2D eigenvalue weighted by atomic mass is 79.9. The molecule has 1 atom stereocenters. The summed E-state index contributed by atoms with van der Waals surface area (Å²) in [6.07, 6.45) is 2.30. The van der Waals surface area contributed by atoms with Crippen LogP contribution in [0.3, 0.4) is 0 Å². The summed E-state index contributed by atoms with van der Waals surface area (Å²) in [6, 6.07) is 5.74. The minimum absolute atomic E-state index is 0.120. The fourth-order valence-electron chi connectivity index (χ4n) is 1.92. The SMILES string of the molecule is O=C(NCC1CCCN1)c1cccc(Br)c1Cl. The Labute approximate surface area is 114 Å². The number of carbonyl (C=O) groups is 1. The van der Waals surface area contributed by atoms with E-state index in [2.05, 4.69) is 26.6 Å². The maximum atomic E-state index is 11.9. The van der Waals surface area contributed by atoms with Crippen LogP contribution in [0.15, 0.2) is 22.7 Å². The molecule has 1 aromatic rings. The first-order valence-corrected chi connectivity index (χ1v) is 6.81. The van der Waals surface area contributed by atoms with Crippen LogP contribution in [-0.4, -0.2) is 25.0 Å². The third kappa shape index (κ3) is 3.21. The van der Waals surface area contributed by atoms with Crippen LogP contribution in [0.2, 0.25) is 5.02 Å². The number of hydrogen-bond acceptors (Lipinski definition) is 2. The quantitative estimate of drug-likeness (QED) is 0.899. The van der Waals surface area contributed by atoms with Crippen molar-refractivity contribution >= 4 is 33.4 Å². The monoisotopic (exact) mass is 316 g/mol. The maximum Gasteiger partial charge on any atom is 0.252 e. The van der Waals surface area contributed by atoms with E-state index in [0.717, 1.165) is 17.4 Å². The summed E-state index contributed by atoms with van der Waals surface area (Å²) in [7, 11) is 0. The molecule has 0 bridgehead atoms. The van der Waals surface area contributed by atoms with Gasteiger partial charge in [0.25, 0.3) is 5.91 Å². The number of hydrogen-bond donors (Lipinski definition) is 2. The Kier molecular flexibility index (Phi) is 4.42. The number of rotatable bonds is 3. The van der Waals surface area contributed by atoms with Crippen molar-refractivity contribution in [2.24, 2.45) is 0 Å². The Balaban J connectivity index is 1.97. The molecule has 1 amide bonds. The Hall–Kier alpha value is -0.580. The smallest absolute Gasteiger partial charge is 0.252 e. The molecule has 1 aromatic carbocycles. The number of benzene rings is 1. The molecular weight excluding hydrogens is 304 g/mol. The lowest BCUT2D eigenvalue weighted by atomic mass is 10.2. The molecule has 1 heterocycles. The van der Waals surface area contributed by atoms with Gasteiger partial charge in [0.1, 0.15) is 0 Å². The van der Waals surface area contributed by atoms with E-state index in [1.807, 2.05) is 6.07 Å². The van der Waals surface area contributed by atoms with Gasteiger partial charge in [-0.2, -0.15) is 0 Å². The van der Waals surface area contributed by atoms with Gasteiger partial charge in [-0.05, 0) is 47.4 Å². The van der Waals surface area contributed by atoms with Gasteiger partial charge in [0.2, 0.25) is 0 Å². The Morgan fingerprint density at radius 1 is 1.59 bits per heavy atom. The average molecular weight is 318 g/mol. The number of carbonyl (C=O) groups excluding carboxylic acids is 1. The number of halogens is 2. The molecule has 0 spiro atoms. The van der Waals surface area contributed by atoms with Gasteiger partial charge >= 0.3 is 0 Å². The first-order valence-electron chi connectivity index (χ1n) is 5.64. The highest BCUT2D eigenvalue weighted by molar-refractivity contribution is 9.10. The summed E-state index contributed by atoms with van der Waals surface area (Å²) in [5, 5.41) is 6.70. The van der Waals surface area contributed by atoms with Crippen molar-refractivity contribution in [3.8, 4) is 0 Å². The van der Waals surface area contributed by atoms with Crippen LogP contribution in [0.4, 0.5) is 0 Å². The third-order valence-electron chi connectivity index (χ3n) is 2.87. The third-order valence-corrected chi connectivity index (χ3v) is 4.16. The van der Waals surface area contributed by atoms with Gasteiger partial charge in [-0.3, -0.25) is 4.79 Å². The molecule has 1 aliphatic heterocycles. The topological polar surface area (TPSA) is 41.1 Å². The highest BCUT2D eigenvalue weighted by Crippen LogP contribution is 2.25. The van der Waals surface area contributed by atoms with Crippen LogP contribution in [0.1, 0.15) is 23.2 Å². The summed E-state index contributed by atoms with van der Waals surface area (Å²) in [5.74, 6) is -0.120. The summed E-state index contributed by atoms with van der Waals surface area (Å²) in [6.45, 7) is 1.69. The molecule has 1 fully saturated rings. The molecule has 0 aromatic heterocycles. The summed E-state index contributed by atoms with van der Waals surface area (Å²) < 4.78 is 0.741. The first-order chi connectivity index (χ1) is 8.18. The van der Waals surface area contributed by atoms with Gasteiger partial charge in [-0.15, -0.1) is 0 Å². The molecule has 2 rings (SSSR count). The molecule has 1 unspecified atom stereocenters. The van der Waals surface area contributed by atoms with Gasteiger partial charge in [0, 0.05) is 17.1 Å². The van der Waals surface area contributed by atoms with E-state index in [0.29, 0.717) is 23.2 Å². The summed E-state index contributed by atoms with van der Waals surface area (Å²) in [5.41, 5.74) is 0.513. The second-order valence-electron chi connectivity index (χ2n) is 4.10. The molecule has 0 saturated carbocycles. The van der Waals surface area contributed by atoms with Crippen molar-refractivity contribution < 1.29 is 4.79 Å². The molecule has 17 heavy (non-hydrogen) atoms. The molecule has 2 N–H and O–H groups in total. The first kappa shape index (κ1) is 12.9. The molecular formula is C12H14BrClN2O. The zero-order valence-electron chi connectivity index (χ0n) is 9.30. The molecule has 0 radical (unpaired) electrons. The number of amides is 1. The molecule has 0 aliphatic carbocycles. The molecule has 1 aliphatic rings. The normalized spacial score (nSPS) is 19.3. The van der Waals surface area contributed by atoms with E-state index in [9.17, 15) is 4.79 Å². The van der Waals surface area contributed by atoms with Crippen LogP contribution >= 0.6 is 27.5 Å². The van der Waals surface area contributed by atoms with Gasteiger partial charge in [0.15, 0.2) is 0 Å². The molecule has 92 valence electrons. The van der Waals surface area contributed by atoms with E-state index in [4.69, 9.17) is 11.6 Å².